The first-order chi connectivity index (χ1) is 6.16. The lowest BCUT2D eigenvalue weighted by atomic mass is 10.1. The Hall–Kier alpha value is -1.44. The summed E-state index contributed by atoms with van der Waals surface area (Å²) in [5.41, 5.74) is 1.77. The second-order valence-corrected chi connectivity index (χ2v) is 3.29. The van der Waals surface area contributed by atoms with Crippen LogP contribution in [0.4, 0.5) is 4.39 Å². The molecule has 0 bridgehead atoms. The Morgan fingerprint density at radius 3 is 2.69 bits per heavy atom. The van der Waals surface area contributed by atoms with Crippen LogP contribution in [-0.4, -0.2) is 4.98 Å². The highest BCUT2D eigenvalue weighted by molar-refractivity contribution is 5.83. The molecule has 2 aromatic rings. The SMILES string of the molecule is Cc1cc(F)c2cc(C)ncc2c1. The Morgan fingerprint density at radius 2 is 1.92 bits per heavy atom. The number of pyridine rings is 1. The molecule has 0 spiro atoms. The van der Waals surface area contributed by atoms with E-state index in [0.717, 1.165) is 16.6 Å². The summed E-state index contributed by atoms with van der Waals surface area (Å²) >= 11 is 0. The van der Waals surface area contributed by atoms with E-state index in [0.29, 0.717) is 5.39 Å². The van der Waals surface area contributed by atoms with E-state index in [1.165, 1.54) is 0 Å². The van der Waals surface area contributed by atoms with Crippen molar-refractivity contribution >= 4 is 10.8 Å². The van der Waals surface area contributed by atoms with E-state index in [9.17, 15) is 4.39 Å². The summed E-state index contributed by atoms with van der Waals surface area (Å²) in [6, 6.07) is 5.25. The van der Waals surface area contributed by atoms with E-state index in [1.54, 1.807) is 18.3 Å². The summed E-state index contributed by atoms with van der Waals surface area (Å²) in [5, 5.41) is 1.52. The van der Waals surface area contributed by atoms with Gasteiger partial charge < -0.3 is 0 Å². The van der Waals surface area contributed by atoms with Gasteiger partial charge in [-0.05, 0) is 37.6 Å². The van der Waals surface area contributed by atoms with Gasteiger partial charge in [-0.15, -0.1) is 0 Å². The summed E-state index contributed by atoms with van der Waals surface area (Å²) in [5.74, 6) is -0.166. The largest absolute Gasteiger partial charge is 0.261 e. The third-order valence-electron chi connectivity index (χ3n) is 2.07. The molecule has 2 rings (SSSR count). The number of aryl methyl sites for hydroxylation is 2. The molecule has 0 aliphatic heterocycles. The molecule has 1 aromatic heterocycles. The molecule has 0 aliphatic rings. The van der Waals surface area contributed by atoms with Crippen molar-refractivity contribution in [3.63, 3.8) is 0 Å². The van der Waals surface area contributed by atoms with Crippen molar-refractivity contribution in [1.82, 2.24) is 4.98 Å². The highest BCUT2D eigenvalue weighted by atomic mass is 19.1. The molecular formula is C11H10FN. The van der Waals surface area contributed by atoms with Crippen LogP contribution in [-0.2, 0) is 0 Å². The average Bonchev–Trinajstić information content (AvgIpc) is 2.06. The third-order valence-corrected chi connectivity index (χ3v) is 2.07. The minimum absolute atomic E-state index is 0.166. The number of nitrogens with zero attached hydrogens (tertiary/aromatic N) is 1. The fourth-order valence-electron chi connectivity index (χ4n) is 1.46. The summed E-state index contributed by atoms with van der Waals surface area (Å²) < 4.78 is 13.4. The summed E-state index contributed by atoms with van der Waals surface area (Å²) in [6.07, 6.45) is 1.71. The molecule has 0 N–H and O–H groups in total. The van der Waals surface area contributed by atoms with Crippen molar-refractivity contribution in [1.29, 1.82) is 0 Å². The molecule has 1 nitrogen and oxygen atoms in total. The highest BCUT2D eigenvalue weighted by Gasteiger charge is 2.01. The van der Waals surface area contributed by atoms with Crippen molar-refractivity contribution in [2.24, 2.45) is 0 Å². The van der Waals surface area contributed by atoms with Crippen LogP contribution in [0.25, 0.3) is 10.8 Å². The minimum atomic E-state index is -0.166. The molecule has 13 heavy (non-hydrogen) atoms. The zero-order chi connectivity index (χ0) is 9.42. The predicted octanol–water partition coefficient (Wildman–Crippen LogP) is 2.99. The van der Waals surface area contributed by atoms with Gasteiger partial charge in [-0.2, -0.15) is 0 Å². The van der Waals surface area contributed by atoms with Crippen LogP contribution in [0, 0.1) is 19.7 Å². The van der Waals surface area contributed by atoms with Crippen molar-refractivity contribution in [2.75, 3.05) is 0 Å². The number of hydrogen-bond donors (Lipinski definition) is 0. The van der Waals surface area contributed by atoms with Crippen LogP contribution in [0.15, 0.2) is 24.4 Å². The van der Waals surface area contributed by atoms with Gasteiger partial charge in [0.15, 0.2) is 0 Å². The maximum absolute atomic E-state index is 13.4. The number of aromatic nitrogens is 1. The van der Waals surface area contributed by atoms with Gasteiger partial charge in [-0.1, -0.05) is 0 Å². The van der Waals surface area contributed by atoms with Crippen LogP contribution < -0.4 is 0 Å². The molecular weight excluding hydrogens is 165 g/mol. The Balaban J connectivity index is 2.87. The molecule has 1 heterocycles. The lowest BCUT2D eigenvalue weighted by molar-refractivity contribution is 0.638. The number of hydrogen-bond acceptors (Lipinski definition) is 1. The molecule has 0 saturated carbocycles. The molecule has 0 fully saturated rings. The highest BCUT2D eigenvalue weighted by Crippen LogP contribution is 2.19. The zero-order valence-electron chi connectivity index (χ0n) is 7.63. The molecule has 0 atom stereocenters. The van der Waals surface area contributed by atoms with Crippen molar-refractivity contribution in [2.45, 2.75) is 13.8 Å². The lowest BCUT2D eigenvalue weighted by Gasteiger charge is -2.01. The van der Waals surface area contributed by atoms with E-state index in [1.807, 2.05) is 19.9 Å². The van der Waals surface area contributed by atoms with Crippen LogP contribution in [0.3, 0.4) is 0 Å². The Morgan fingerprint density at radius 1 is 1.15 bits per heavy atom. The first-order valence-electron chi connectivity index (χ1n) is 4.19. The van der Waals surface area contributed by atoms with Crippen LogP contribution in [0.1, 0.15) is 11.3 Å². The topological polar surface area (TPSA) is 12.9 Å². The van der Waals surface area contributed by atoms with Crippen LogP contribution in [0.2, 0.25) is 0 Å². The van der Waals surface area contributed by atoms with E-state index in [4.69, 9.17) is 0 Å². The van der Waals surface area contributed by atoms with Gasteiger partial charge in [0.1, 0.15) is 5.82 Å². The summed E-state index contributed by atoms with van der Waals surface area (Å²) in [6.45, 7) is 3.74. The molecule has 0 amide bonds. The molecule has 0 aliphatic carbocycles. The third kappa shape index (κ3) is 1.39. The summed E-state index contributed by atoms with van der Waals surface area (Å²) in [7, 11) is 0. The van der Waals surface area contributed by atoms with Crippen LogP contribution in [0.5, 0.6) is 0 Å². The molecule has 0 unspecified atom stereocenters. The second kappa shape index (κ2) is 2.80. The quantitative estimate of drug-likeness (QED) is 0.599. The van der Waals surface area contributed by atoms with Gasteiger partial charge in [0.2, 0.25) is 0 Å². The van der Waals surface area contributed by atoms with Crippen LogP contribution >= 0.6 is 0 Å². The lowest BCUT2D eigenvalue weighted by Crippen LogP contribution is -1.86. The Bertz CT molecular complexity index is 463. The molecule has 0 radical (unpaired) electrons. The van der Waals surface area contributed by atoms with Gasteiger partial charge in [0, 0.05) is 22.7 Å². The minimum Gasteiger partial charge on any atom is -0.261 e. The van der Waals surface area contributed by atoms with E-state index < -0.39 is 0 Å². The van der Waals surface area contributed by atoms with Crippen molar-refractivity contribution < 1.29 is 4.39 Å². The van der Waals surface area contributed by atoms with E-state index >= 15 is 0 Å². The molecule has 1 aromatic carbocycles. The number of rotatable bonds is 0. The Labute approximate surface area is 76.2 Å². The maximum atomic E-state index is 13.4. The van der Waals surface area contributed by atoms with Gasteiger partial charge in [0.25, 0.3) is 0 Å². The molecule has 66 valence electrons. The zero-order valence-corrected chi connectivity index (χ0v) is 7.63. The van der Waals surface area contributed by atoms with Gasteiger partial charge in [-0.25, -0.2) is 4.39 Å². The monoisotopic (exact) mass is 175 g/mol. The number of fused-ring (bicyclic) bond motifs is 1. The molecule has 0 saturated heterocycles. The molecule has 2 heteroatoms. The van der Waals surface area contributed by atoms with E-state index in [-0.39, 0.29) is 5.82 Å². The number of benzene rings is 1. The first-order valence-corrected chi connectivity index (χ1v) is 4.19. The van der Waals surface area contributed by atoms with E-state index in [2.05, 4.69) is 4.98 Å². The van der Waals surface area contributed by atoms with Gasteiger partial charge >= 0.3 is 0 Å². The fourth-order valence-corrected chi connectivity index (χ4v) is 1.46. The fraction of sp³-hybridized carbons (Fsp3) is 0.182. The average molecular weight is 175 g/mol. The van der Waals surface area contributed by atoms with Crippen molar-refractivity contribution in [3.05, 3.63) is 41.5 Å². The normalized spacial score (nSPS) is 10.7. The number of halogens is 1. The predicted molar refractivity (Wildman–Crippen MR) is 51.2 cm³/mol. The second-order valence-electron chi connectivity index (χ2n) is 3.29. The smallest absolute Gasteiger partial charge is 0.131 e. The standard InChI is InChI=1S/C11H10FN/c1-7-3-9-6-13-8(2)5-10(9)11(12)4-7/h3-6H,1-2H3. The van der Waals surface area contributed by atoms with Gasteiger partial charge in [0.05, 0.1) is 0 Å². The maximum Gasteiger partial charge on any atom is 0.131 e. The summed E-state index contributed by atoms with van der Waals surface area (Å²) in [4.78, 5) is 4.12. The first kappa shape index (κ1) is 8.17. The van der Waals surface area contributed by atoms with Crippen molar-refractivity contribution in [3.8, 4) is 0 Å². The van der Waals surface area contributed by atoms with Gasteiger partial charge in [-0.3, -0.25) is 4.98 Å². The Kier molecular flexibility index (Phi) is 1.76.